The molecule has 0 unspecified atom stereocenters. The molecule has 4 aromatic rings. The molecule has 0 fully saturated rings. The van der Waals surface area contributed by atoms with E-state index in [9.17, 15) is 0 Å². The van der Waals surface area contributed by atoms with Gasteiger partial charge in [-0.1, -0.05) is 24.3 Å². The number of nitrogens with one attached hydrogen (secondary N) is 1. The van der Waals surface area contributed by atoms with Crippen LogP contribution in [0.25, 0.3) is 33.8 Å². The number of aromatic nitrogens is 4. The molecular weight excluding hydrogens is 416 g/mol. The lowest BCUT2D eigenvalue weighted by Gasteiger charge is -2.23. The van der Waals surface area contributed by atoms with Crippen molar-refractivity contribution in [3.8, 4) is 22.8 Å². The third-order valence-corrected chi connectivity index (χ3v) is 5.08. The zero-order chi connectivity index (χ0) is 22.3. The predicted molar refractivity (Wildman–Crippen MR) is 134 cm³/mol. The van der Waals surface area contributed by atoms with Crippen molar-refractivity contribution < 1.29 is 0 Å². The van der Waals surface area contributed by atoms with Crippen LogP contribution in [0.5, 0.6) is 0 Å². The number of rotatable bonds is 7. The molecule has 32 heavy (non-hydrogen) atoms. The molecular formula is C25H22N6S. The van der Waals surface area contributed by atoms with Crippen molar-refractivity contribution >= 4 is 34.1 Å². The number of anilines is 1. The second-order valence-electron chi connectivity index (χ2n) is 6.97. The average molecular weight is 439 g/mol. The Hall–Kier alpha value is -3.97. The monoisotopic (exact) mass is 438 g/mol. The molecule has 0 spiro atoms. The summed E-state index contributed by atoms with van der Waals surface area (Å²) in [5.41, 5.74) is 5.17. The van der Waals surface area contributed by atoms with E-state index in [0.29, 0.717) is 29.6 Å². The fourth-order valence-electron chi connectivity index (χ4n) is 3.25. The second-order valence-corrected chi connectivity index (χ2v) is 7.35. The Morgan fingerprint density at radius 1 is 0.844 bits per heavy atom. The van der Waals surface area contributed by atoms with E-state index in [1.165, 1.54) is 0 Å². The minimum atomic E-state index is 0.590. The van der Waals surface area contributed by atoms with E-state index < -0.39 is 0 Å². The highest BCUT2D eigenvalue weighted by Gasteiger charge is 2.15. The van der Waals surface area contributed by atoms with Gasteiger partial charge in [0.05, 0.1) is 22.4 Å². The quantitative estimate of drug-likeness (QED) is 0.317. The number of thiocarbonyl (C=S) groups is 1. The molecule has 1 aromatic carbocycles. The summed E-state index contributed by atoms with van der Waals surface area (Å²) in [5.74, 6) is 0. The Kier molecular flexibility index (Phi) is 6.57. The molecule has 0 saturated carbocycles. The molecule has 1 N–H and O–H groups in total. The molecule has 7 heteroatoms. The molecule has 3 aromatic heterocycles. The number of hydrogen-bond acceptors (Lipinski definition) is 5. The van der Waals surface area contributed by atoms with Crippen molar-refractivity contribution in [2.24, 2.45) is 0 Å². The summed E-state index contributed by atoms with van der Waals surface area (Å²) in [4.78, 5) is 20.7. The van der Waals surface area contributed by atoms with Gasteiger partial charge in [0, 0.05) is 31.2 Å². The van der Waals surface area contributed by atoms with Gasteiger partial charge in [-0.25, -0.2) is 9.97 Å². The first-order chi connectivity index (χ1) is 15.7. The van der Waals surface area contributed by atoms with Gasteiger partial charge in [0.1, 0.15) is 11.4 Å². The maximum absolute atomic E-state index is 5.56. The normalized spacial score (nSPS) is 10.5. The van der Waals surface area contributed by atoms with Crippen molar-refractivity contribution in [1.82, 2.24) is 24.8 Å². The Morgan fingerprint density at radius 3 is 1.97 bits per heavy atom. The molecule has 4 rings (SSSR count). The zero-order valence-electron chi connectivity index (χ0n) is 17.5. The lowest BCUT2D eigenvalue weighted by molar-refractivity contribution is 0.522. The molecule has 3 heterocycles. The third-order valence-electron chi connectivity index (χ3n) is 4.72. The molecule has 0 aliphatic carbocycles. The molecule has 0 aliphatic heterocycles. The highest BCUT2D eigenvalue weighted by molar-refractivity contribution is 7.80. The summed E-state index contributed by atoms with van der Waals surface area (Å²) < 4.78 is 0. The molecule has 158 valence electrons. The Balaban J connectivity index is 1.76. The molecule has 6 nitrogen and oxygen atoms in total. The largest absolute Gasteiger partial charge is 0.342 e. The van der Waals surface area contributed by atoms with Gasteiger partial charge in [-0.15, -0.1) is 13.2 Å². The summed E-state index contributed by atoms with van der Waals surface area (Å²) in [6, 6.07) is 17.2. The number of hydrogen-bond donors (Lipinski definition) is 1. The van der Waals surface area contributed by atoms with Crippen LogP contribution in [0, 0.1) is 0 Å². The zero-order valence-corrected chi connectivity index (χ0v) is 18.3. The van der Waals surface area contributed by atoms with E-state index in [1.807, 2.05) is 71.6 Å². The smallest absolute Gasteiger partial charge is 0.173 e. The first kappa shape index (κ1) is 21.3. The van der Waals surface area contributed by atoms with Gasteiger partial charge in [-0.2, -0.15) is 0 Å². The van der Waals surface area contributed by atoms with Gasteiger partial charge in [0.25, 0.3) is 0 Å². The van der Waals surface area contributed by atoms with E-state index in [2.05, 4.69) is 28.4 Å². The minimum Gasteiger partial charge on any atom is -0.342 e. The van der Waals surface area contributed by atoms with Crippen LogP contribution in [-0.2, 0) is 0 Å². The standard InChI is InChI=1S/C25H22N6S/c1-3-15-31(16-4-2)25(32)28-18-11-12-19-22(17-18)30-24(21-10-6-8-14-27-21)23(29-19)20-9-5-7-13-26-20/h3-14,17H,1-2,15-16H2,(H,28,32). The van der Waals surface area contributed by atoms with Crippen molar-refractivity contribution in [2.75, 3.05) is 18.4 Å². The Morgan fingerprint density at radius 2 is 1.44 bits per heavy atom. The van der Waals surface area contributed by atoms with Crippen LogP contribution in [-0.4, -0.2) is 43.0 Å². The van der Waals surface area contributed by atoms with E-state index in [1.54, 1.807) is 12.4 Å². The van der Waals surface area contributed by atoms with E-state index in [0.717, 1.165) is 28.1 Å². The van der Waals surface area contributed by atoms with Crippen LogP contribution in [0.1, 0.15) is 0 Å². The minimum absolute atomic E-state index is 0.590. The summed E-state index contributed by atoms with van der Waals surface area (Å²) >= 11 is 5.56. The first-order valence-electron chi connectivity index (χ1n) is 10.1. The van der Waals surface area contributed by atoms with Gasteiger partial charge in [0.15, 0.2) is 5.11 Å². The summed E-state index contributed by atoms with van der Waals surface area (Å²) in [7, 11) is 0. The summed E-state index contributed by atoms with van der Waals surface area (Å²) in [5, 5.41) is 3.87. The van der Waals surface area contributed by atoms with E-state index in [4.69, 9.17) is 22.2 Å². The van der Waals surface area contributed by atoms with Crippen LogP contribution >= 0.6 is 12.2 Å². The highest BCUT2D eigenvalue weighted by Crippen LogP contribution is 2.29. The topological polar surface area (TPSA) is 66.8 Å². The lowest BCUT2D eigenvalue weighted by atomic mass is 10.1. The summed E-state index contributed by atoms with van der Waals surface area (Å²) in [6.45, 7) is 8.84. The van der Waals surface area contributed by atoms with Gasteiger partial charge < -0.3 is 10.2 Å². The Labute approximate surface area is 192 Å². The van der Waals surface area contributed by atoms with Gasteiger partial charge in [-0.05, 0) is 54.7 Å². The van der Waals surface area contributed by atoms with Crippen LogP contribution in [0.15, 0.2) is 92.3 Å². The number of fused-ring (bicyclic) bond motifs is 1. The molecule has 0 aliphatic rings. The molecule has 0 saturated heterocycles. The van der Waals surface area contributed by atoms with Crippen molar-refractivity contribution in [2.45, 2.75) is 0 Å². The SMILES string of the molecule is C=CCN(CC=C)C(=S)Nc1ccc2nc(-c3ccccn3)c(-c3ccccn3)nc2c1. The van der Waals surface area contributed by atoms with Crippen LogP contribution in [0.4, 0.5) is 5.69 Å². The fraction of sp³-hybridized carbons (Fsp3) is 0.0800. The predicted octanol–water partition coefficient (Wildman–Crippen LogP) is 5.12. The average Bonchev–Trinajstić information content (AvgIpc) is 2.84. The number of nitrogens with zero attached hydrogens (tertiary/aromatic N) is 5. The maximum atomic E-state index is 5.56. The van der Waals surface area contributed by atoms with Crippen LogP contribution < -0.4 is 5.32 Å². The first-order valence-corrected chi connectivity index (χ1v) is 10.5. The third kappa shape index (κ3) is 4.68. The molecule has 0 bridgehead atoms. The second kappa shape index (κ2) is 9.89. The van der Waals surface area contributed by atoms with Gasteiger partial charge >= 0.3 is 0 Å². The van der Waals surface area contributed by atoms with Crippen LogP contribution in [0.3, 0.4) is 0 Å². The Bertz CT molecular complexity index is 1250. The lowest BCUT2D eigenvalue weighted by Crippen LogP contribution is -2.34. The fourth-order valence-corrected chi connectivity index (χ4v) is 3.52. The van der Waals surface area contributed by atoms with Gasteiger partial charge in [-0.3, -0.25) is 9.97 Å². The van der Waals surface area contributed by atoms with Crippen molar-refractivity contribution in [3.63, 3.8) is 0 Å². The maximum Gasteiger partial charge on any atom is 0.173 e. The van der Waals surface area contributed by atoms with Gasteiger partial charge in [0.2, 0.25) is 0 Å². The molecule has 0 radical (unpaired) electrons. The molecule has 0 amide bonds. The van der Waals surface area contributed by atoms with E-state index in [-0.39, 0.29) is 0 Å². The summed E-state index contributed by atoms with van der Waals surface area (Å²) in [6.07, 6.45) is 7.10. The van der Waals surface area contributed by atoms with Crippen molar-refractivity contribution in [1.29, 1.82) is 0 Å². The number of benzene rings is 1. The highest BCUT2D eigenvalue weighted by atomic mass is 32.1. The number of pyridine rings is 2. The van der Waals surface area contributed by atoms with Crippen LogP contribution in [0.2, 0.25) is 0 Å². The van der Waals surface area contributed by atoms with E-state index >= 15 is 0 Å². The van der Waals surface area contributed by atoms with Crippen molar-refractivity contribution in [3.05, 3.63) is 92.3 Å². The molecule has 0 atom stereocenters.